The number of ether oxygens (including phenoxy) is 1. The summed E-state index contributed by atoms with van der Waals surface area (Å²) in [5.74, 6) is 0.107. The average Bonchev–Trinajstić information content (AvgIpc) is 2.66. The Balaban J connectivity index is 1.87. The fourth-order valence-corrected chi connectivity index (χ4v) is 2.87. The van der Waals surface area contributed by atoms with Crippen LogP contribution in [0.15, 0.2) is 11.6 Å². The predicted octanol–water partition coefficient (Wildman–Crippen LogP) is 2.35. The molecule has 0 unspecified atom stereocenters. The van der Waals surface area contributed by atoms with Gasteiger partial charge in [-0.3, -0.25) is 9.59 Å². The van der Waals surface area contributed by atoms with Crippen molar-refractivity contribution in [2.75, 3.05) is 13.3 Å². The highest BCUT2D eigenvalue weighted by Crippen LogP contribution is 2.59. The SMILES string of the molecule is CC(C)=C[C@@H]1[C@@H](C(=O)OCN2CCCC2=O)C1(C)C. The Bertz CT molecular complexity index is 421. The maximum Gasteiger partial charge on any atom is 0.311 e. The first-order valence-corrected chi connectivity index (χ1v) is 6.93. The van der Waals surface area contributed by atoms with E-state index in [0.717, 1.165) is 6.42 Å². The molecule has 2 fully saturated rings. The van der Waals surface area contributed by atoms with Crippen molar-refractivity contribution in [1.82, 2.24) is 4.90 Å². The van der Waals surface area contributed by atoms with Crippen molar-refractivity contribution in [3.05, 3.63) is 11.6 Å². The zero-order valence-electron chi connectivity index (χ0n) is 12.2. The Morgan fingerprint density at radius 1 is 1.47 bits per heavy atom. The molecule has 1 aliphatic carbocycles. The number of hydrogen-bond acceptors (Lipinski definition) is 3. The predicted molar refractivity (Wildman–Crippen MR) is 72.1 cm³/mol. The lowest BCUT2D eigenvalue weighted by atomic mass is 10.1. The van der Waals surface area contributed by atoms with Crippen molar-refractivity contribution in [3.8, 4) is 0 Å². The zero-order chi connectivity index (χ0) is 14.2. The Hall–Kier alpha value is -1.32. The summed E-state index contributed by atoms with van der Waals surface area (Å²) in [4.78, 5) is 25.1. The lowest BCUT2D eigenvalue weighted by Gasteiger charge is -2.15. The van der Waals surface area contributed by atoms with E-state index in [9.17, 15) is 9.59 Å². The van der Waals surface area contributed by atoms with E-state index in [1.807, 2.05) is 13.8 Å². The average molecular weight is 265 g/mol. The highest BCUT2D eigenvalue weighted by atomic mass is 16.5. The number of amides is 1. The van der Waals surface area contributed by atoms with Gasteiger partial charge in [0.05, 0.1) is 5.92 Å². The summed E-state index contributed by atoms with van der Waals surface area (Å²) in [6.45, 7) is 9.08. The van der Waals surface area contributed by atoms with E-state index in [1.165, 1.54) is 5.57 Å². The molecule has 106 valence electrons. The van der Waals surface area contributed by atoms with Crippen LogP contribution in [0.25, 0.3) is 0 Å². The normalized spacial score (nSPS) is 28.2. The molecule has 1 heterocycles. The standard InChI is InChI=1S/C15H23NO3/c1-10(2)8-11-13(15(11,3)4)14(18)19-9-16-7-5-6-12(16)17/h8,11,13H,5-7,9H2,1-4H3/t11-,13+/m1/s1. The molecule has 1 saturated carbocycles. The van der Waals surface area contributed by atoms with Gasteiger partial charge in [-0.1, -0.05) is 25.5 Å². The van der Waals surface area contributed by atoms with E-state index in [-0.39, 0.29) is 35.9 Å². The third-order valence-corrected chi connectivity index (χ3v) is 4.21. The van der Waals surface area contributed by atoms with Gasteiger partial charge in [0.25, 0.3) is 0 Å². The second-order valence-corrected chi connectivity index (χ2v) is 6.42. The summed E-state index contributed by atoms with van der Waals surface area (Å²) in [5.41, 5.74) is 1.20. The summed E-state index contributed by atoms with van der Waals surface area (Å²) in [6.07, 6.45) is 3.59. The van der Waals surface area contributed by atoms with Crippen molar-refractivity contribution in [2.24, 2.45) is 17.3 Å². The second-order valence-electron chi connectivity index (χ2n) is 6.42. The number of esters is 1. The number of likely N-dealkylation sites (tertiary alicyclic amines) is 1. The van der Waals surface area contributed by atoms with Gasteiger partial charge in [-0.15, -0.1) is 0 Å². The molecule has 0 radical (unpaired) electrons. The quantitative estimate of drug-likeness (QED) is 0.579. The molecule has 1 saturated heterocycles. The third-order valence-electron chi connectivity index (χ3n) is 4.21. The minimum absolute atomic E-state index is 0.0244. The molecular formula is C15H23NO3. The van der Waals surface area contributed by atoms with Crippen LogP contribution in [0.1, 0.15) is 40.5 Å². The Morgan fingerprint density at radius 2 is 2.16 bits per heavy atom. The van der Waals surface area contributed by atoms with Crippen molar-refractivity contribution >= 4 is 11.9 Å². The van der Waals surface area contributed by atoms with Crippen molar-refractivity contribution in [3.63, 3.8) is 0 Å². The van der Waals surface area contributed by atoms with Crippen LogP contribution < -0.4 is 0 Å². The van der Waals surface area contributed by atoms with Crippen LogP contribution in [-0.2, 0) is 14.3 Å². The van der Waals surface area contributed by atoms with Crippen LogP contribution in [-0.4, -0.2) is 30.1 Å². The Labute approximate surface area is 114 Å². The lowest BCUT2D eigenvalue weighted by Crippen LogP contribution is -2.29. The van der Waals surface area contributed by atoms with Gasteiger partial charge in [0, 0.05) is 13.0 Å². The van der Waals surface area contributed by atoms with Gasteiger partial charge >= 0.3 is 5.97 Å². The number of carbonyl (C=O) groups excluding carboxylic acids is 2. The number of allylic oxidation sites excluding steroid dienone is 2. The number of nitrogens with zero attached hydrogens (tertiary/aromatic N) is 1. The number of rotatable bonds is 4. The van der Waals surface area contributed by atoms with Crippen LogP contribution in [0, 0.1) is 17.3 Å². The molecule has 0 aromatic heterocycles. The Morgan fingerprint density at radius 3 is 2.68 bits per heavy atom. The highest BCUT2D eigenvalue weighted by molar-refractivity contribution is 5.80. The molecule has 0 spiro atoms. The fraction of sp³-hybridized carbons (Fsp3) is 0.733. The van der Waals surface area contributed by atoms with Gasteiger partial charge in [-0.05, 0) is 31.6 Å². The lowest BCUT2D eigenvalue weighted by molar-refractivity contribution is -0.153. The first-order chi connectivity index (χ1) is 8.84. The third kappa shape index (κ3) is 2.82. The minimum Gasteiger partial charge on any atom is -0.444 e. The van der Waals surface area contributed by atoms with Gasteiger partial charge in [-0.2, -0.15) is 0 Å². The van der Waals surface area contributed by atoms with Crippen LogP contribution >= 0.6 is 0 Å². The largest absolute Gasteiger partial charge is 0.444 e. The highest BCUT2D eigenvalue weighted by Gasteiger charge is 2.61. The van der Waals surface area contributed by atoms with E-state index in [0.29, 0.717) is 13.0 Å². The smallest absolute Gasteiger partial charge is 0.311 e. The van der Waals surface area contributed by atoms with E-state index in [1.54, 1.807) is 4.90 Å². The molecule has 0 N–H and O–H groups in total. The van der Waals surface area contributed by atoms with Crippen LogP contribution in [0.5, 0.6) is 0 Å². The van der Waals surface area contributed by atoms with E-state index >= 15 is 0 Å². The number of carbonyl (C=O) groups is 2. The molecule has 0 aromatic carbocycles. The van der Waals surface area contributed by atoms with Gasteiger partial charge in [0.2, 0.25) is 5.91 Å². The molecular weight excluding hydrogens is 242 g/mol. The van der Waals surface area contributed by atoms with Gasteiger partial charge in [-0.25, -0.2) is 0 Å². The molecule has 1 aliphatic heterocycles. The molecule has 2 atom stereocenters. The Kier molecular flexibility index (Phi) is 3.70. The van der Waals surface area contributed by atoms with Crippen molar-refractivity contribution in [2.45, 2.75) is 40.5 Å². The maximum atomic E-state index is 12.1. The van der Waals surface area contributed by atoms with Crippen LogP contribution in [0.4, 0.5) is 0 Å². The molecule has 2 aliphatic rings. The monoisotopic (exact) mass is 265 g/mol. The summed E-state index contributed by atoms with van der Waals surface area (Å²) < 4.78 is 5.30. The van der Waals surface area contributed by atoms with Crippen molar-refractivity contribution in [1.29, 1.82) is 0 Å². The summed E-state index contributed by atoms with van der Waals surface area (Å²) in [6, 6.07) is 0. The maximum absolute atomic E-state index is 12.1. The summed E-state index contributed by atoms with van der Waals surface area (Å²) in [5, 5.41) is 0. The minimum atomic E-state index is -0.174. The first-order valence-electron chi connectivity index (χ1n) is 6.93. The number of hydrogen-bond donors (Lipinski definition) is 0. The summed E-state index contributed by atoms with van der Waals surface area (Å²) in [7, 11) is 0. The van der Waals surface area contributed by atoms with E-state index in [4.69, 9.17) is 4.74 Å². The van der Waals surface area contributed by atoms with Crippen LogP contribution in [0.3, 0.4) is 0 Å². The first kappa shape index (κ1) is 14.1. The fourth-order valence-electron chi connectivity index (χ4n) is 2.87. The van der Waals surface area contributed by atoms with Gasteiger partial charge < -0.3 is 9.64 Å². The zero-order valence-corrected chi connectivity index (χ0v) is 12.2. The molecule has 1 amide bonds. The molecule has 2 rings (SSSR count). The molecule has 19 heavy (non-hydrogen) atoms. The molecule has 4 nitrogen and oxygen atoms in total. The summed E-state index contributed by atoms with van der Waals surface area (Å²) >= 11 is 0. The second kappa shape index (κ2) is 4.99. The van der Waals surface area contributed by atoms with Gasteiger partial charge in [0.15, 0.2) is 6.73 Å². The topological polar surface area (TPSA) is 46.6 Å². The molecule has 0 bridgehead atoms. The van der Waals surface area contributed by atoms with Crippen LogP contribution in [0.2, 0.25) is 0 Å². The van der Waals surface area contributed by atoms with Gasteiger partial charge in [0.1, 0.15) is 0 Å². The molecule has 4 heteroatoms. The van der Waals surface area contributed by atoms with Crippen molar-refractivity contribution < 1.29 is 14.3 Å². The molecule has 0 aromatic rings. The van der Waals surface area contributed by atoms with E-state index in [2.05, 4.69) is 19.9 Å². The van der Waals surface area contributed by atoms with E-state index < -0.39 is 0 Å².